The van der Waals surface area contributed by atoms with Crippen molar-refractivity contribution in [3.63, 3.8) is 0 Å². The van der Waals surface area contributed by atoms with E-state index in [1.165, 1.54) is 38.3 Å². The Morgan fingerprint density at radius 2 is 2.12 bits per heavy atom. The van der Waals surface area contributed by atoms with Crippen molar-refractivity contribution in [2.24, 2.45) is 5.92 Å². The molecule has 134 valence electrons. The number of aromatic nitrogens is 2. The minimum absolute atomic E-state index is 0.104. The Morgan fingerprint density at radius 3 is 2.96 bits per heavy atom. The summed E-state index contributed by atoms with van der Waals surface area (Å²) in [7, 11) is 0. The van der Waals surface area contributed by atoms with Crippen LogP contribution in [0.3, 0.4) is 0 Å². The quantitative estimate of drug-likeness (QED) is 0.757. The van der Waals surface area contributed by atoms with Gasteiger partial charge in [0.1, 0.15) is 5.75 Å². The van der Waals surface area contributed by atoms with Crippen molar-refractivity contribution in [3.05, 3.63) is 34.7 Å². The number of hydrogen-bond donors (Lipinski definition) is 2. The first-order chi connectivity index (χ1) is 12.2. The molecule has 1 heterocycles. The van der Waals surface area contributed by atoms with Crippen LogP contribution in [0.2, 0.25) is 0 Å². The van der Waals surface area contributed by atoms with Gasteiger partial charge in [0, 0.05) is 19.0 Å². The van der Waals surface area contributed by atoms with E-state index in [1.54, 1.807) is 18.2 Å². The molecule has 2 N–H and O–H groups in total. The topological polar surface area (TPSA) is 84.1 Å². The Hall–Kier alpha value is -2.37. The minimum Gasteiger partial charge on any atom is -0.494 e. The molecular weight excluding hydrogens is 318 g/mol. The van der Waals surface area contributed by atoms with Crippen LogP contribution in [0.5, 0.6) is 5.75 Å². The molecule has 0 spiro atoms. The summed E-state index contributed by atoms with van der Waals surface area (Å²) < 4.78 is 5.68. The van der Waals surface area contributed by atoms with Gasteiger partial charge in [0.25, 0.3) is 5.56 Å². The lowest BCUT2D eigenvalue weighted by atomic mass is 9.89. The number of amides is 1. The second-order valence-corrected chi connectivity index (χ2v) is 6.69. The first kappa shape index (κ1) is 17.5. The summed E-state index contributed by atoms with van der Waals surface area (Å²) in [5, 5.41) is 3.04. The molecule has 0 aliphatic heterocycles. The number of nitrogens with one attached hydrogen (secondary N) is 2. The zero-order chi connectivity index (χ0) is 17.5. The van der Waals surface area contributed by atoms with Gasteiger partial charge in [0.05, 0.1) is 23.8 Å². The highest BCUT2D eigenvalue weighted by Gasteiger charge is 2.14. The lowest BCUT2D eigenvalue weighted by Gasteiger charge is -2.21. The molecule has 1 saturated carbocycles. The van der Waals surface area contributed by atoms with Gasteiger partial charge in [0.15, 0.2) is 0 Å². The molecule has 1 aliphatic rings. The van der Waals surface area contributed by atoms with Crippen molar-refractivity contribution in [3.8, 4) is 5.75 Å². The van der Waals surface area contributed by atoms with Crippen molar-refractivity contribution >= 4 is 16.9 Å². The molecule has 1 aromatic carbocycles. The number of carbonyl (C=O) groups excluding carboxylic acids is 1. The molecule has 2 aromatic rings. The van der Waals surface area contributed by atoms with E-state index in [0.717, 1.165) is 6.54 Å². The van der Waals surface area contributed by atoms with Crippen molar-refractivity contribution in [1.82, 2.24) is 15.3 Å². The average Bonchev–Trinajstić information content (AvgIpc) is 2.64. The molecule has 3 rings (SSSR count). The largest absolute Gasteiger partial charge is 0.494 e. The average molecular weight is 343 g/mol. The van der Waals surface area contributed by atoms with Crippen LogP contribution < -0.4 is 15.6 Å². The number of aromatic amines is 1. The van der Waals surface area contributed by atoms with E-state index in [0.29, 0.717) is 42.1 Å². The SMILES string of the molecule is O=C(CCCOc1ccc2[nH]c(=O)cnc2c1)NCC1CCCCC1. The lowest BCUT2D eigenvalue weighted by molar-refractivity contribution is -0.121. The molecule has 1 aliphatic carbocycles. The van der Waals surface area contributed by atoms with Crippen molar-refractivity contribution in [2.45, 2.75) is 44.9 Å². The maximum absolute atomic E-state index is 11.9. The van der Waals surface area contributed by atoms with Gasteiger partial charge >= 0.3 is 0 Å². The van der Waals surface area contributed by atoms with E-state index in [2.05, 4.69) is 15.3 Å². The van der Waals surface area contributed by atoms with Crippen LogP contribution in [-0.2, 0) is 4.79 Å². The van der Waals surface area contributed by atoms with Gasteiger partial charge in [-0.25, -0.2) is 4.98 Å². The van der Waals surface area contributed by atoms with Gasteiger partial charge < -0.3 is 15.0 Å². The molecule has 1 fully saturated rings. The number of benzene rings is 1. The monoisotopic (exact) mass is 343 g/mol. The van der Waals surface area contributed by atoms with Gasteiger partial charge in [-0.15, -0.1) is 0 Å². The number of nitrogens with zero attached hydrogens (tertiary/aromatic N) is 1. The van der Waals surface area contributed by atoms with E-state index >= 15 is 0 Å². The Balaban J connectivity index is 1.37. The third-order valence-corrected chi connectivity index (χ3v) is 4.68. The number of hydrogen-bond acceptors (Lipinski definition) is 4. The summed E-state index contributed by atoms with van der Waals surface area (Å²) in [6, 6.07) is 5.35. The molecular formula is C19H25N3O3. The Morgan fingerprint density at radius 1 is 1.28 bits per heavy atom. The number of rotatable bonds is 7. The molecule has 0 radical (unpaired) electrons. The second-order valence-electron chi connectivity index (χ2n) is 6.69. The summed E-state index contributed by atoms with van der Waals surface area (Å²) in [6.45, 7) is 1.29. The summed E-state index contributed by atoms with van der Waals surface area (Å²) >= 11 is 0. The first-order valence-electron chi connectivity index (χ1n) is 9.09. The van der Waals surface area contributed by atoms with Gasteiger partial charge in [-0.2, -0.15) is 0 Å². The maximum Gasteiger partial charge on any atom is 0.266 e. The fraction of sp³-hybridized carbons (Fsp3) is 0.526. The summed E-state index contributed by atoms with van der Waals surface area (Å²) in [6.07, 6.45) is 8.81. The Kier molecular flexibility index (Phi) is 6.04. The maximum atomic E-state index is 11.9. The summed E-state index contributed by atoms with van der Waals surface area (Å²) in [5.74, 6) is 1.45. The fourth-order valence-corrected chi connectivity index (χ4v) is 3.27. The molecule has 1 aromatic heterocycles. The highest BCUT2D eigenvalue weighted by molar-refractivity contribution is 5.76. The van der Waals surface area contributed by atoms with Crippen molar-refractivity contribution in [2.75, 3.05) is 13.2 Å². The molecule has 6 nitrogen and oxygen atoms in total. The molecule has 6 heteroatoms. The van der Waals surface area contributed by atoms with Gasteiger partial charge in [-0.1, -0.05) is 19.3 Å². The first-order valence-corrected chi connectivity index (χ1v) is 9.09. The smallest absolute Gasteiger partial charge is 0.266 e. The van der Waals surface area contributed by atoms with E-state index in [-0.39, 0.29) is 11.5 Å². The van der Waals surface area contributed by atoms with Crippen molar-refractivity contribution < 1.29 is 9.53 Å². The fourth-order valence-electron chi connectivity index (χ4n) is 3.27. The zero-order valence-corrected chi connectivity index (χ0v) is 14.4. The predicted molar refractivity (Wildman–Crippen MR) is 96.7 cm³/mol. The standard InChI is InChI=1S/C19H25N3O3/c23-18(21-12-14-5-2-1-3-6-14)7-4-10-25-15-8-9-16-17(11-15)20-13-19(24)22-16/h8-9,11,13-14H,1-7,10,12H2,(H,21,23)(H,22,24). The van der Waals surface area contributed by atoms with Crippen LogP contribution in [0.25, 0.3) is 11.0 Å². The van der Waals surface area contributed by atoms with Crippen LogP contribution >= 0.6 is 0 Å². The molecule has 0 atom stereocenters. The van der Waals surface area contributed by atoms with E-state index in [4.69, 9.17) is 4.74 Å². The highest BCUT2D eigenvalue weighted by atomic mass is 16.5. The zero-order valence-electron chi connectivity index (χ0n) is 14.4. The van der Waals surface area contributed by atoms with E-state index < -0.39 is 0 Å². The van der Waals surface area contributed by atoms with Gasteiger partial charge in [0.2, 0.25) is 5.91 Å². The van der Waals surface area contributed by atoms with Crippen LogP contribution in [0.1, 0.15) is 44.9 Å². The van der Waals surface area contributed by atoms with Gasteiger partial charge in [-0.3, -0.25) is 9.59 Å². The van der Waals surface area contributed by atoms with Crippen LogP contribution in [-0.4, -0.2) is 29.0 Å². The molecule has 25 heavy (non-hydrogen) atoms. The molecule has 0 unspecified atom stereocenters. The molecule has 0 saturated heterocycles. The highest BCUT2D eigenvalue weighted by Crippen LogP contribution is 2.22. The summed E-state index contributed by atoms with van der Waals surface area (Å²) in [5.41, 5.74) is 1.14. The van der Waals surface area contributed by atoms with E-state index in [1.807, 2.05) is 0 Å². The van der Waals surface area contributed by atoms with Gasteiger partial charge in [-0.05, 0) is 37.3 Å². The van der Waals surface area contributed by atoms with Crippen LogP contribution in [0, 0.1) is 5.92 Å². The summed E-state index contributed by atoms with van der Waals surface area (Å²) in [4.78, 5) is 29.9. The van der Waals surface area contributed by atoms with Crippen LogP contribution in [0.4, 0.5) is 0 Å². The Bertz CT molecular complexity index is 766. The molecule has 0 bridgehead atoms. The number of fused-ring (bicyclic) bond motifs is 1. The normalized spacial score (nSPS) is 15.2. The number of H-pyrrole nitrogens is 1. The van der Waals surface area contributed by atoms with Crippen LogP contribution in [0.15, 0.2) is 29.2 Å². The predicted octanol–water partition coefficient (Wildman–Crippen LogP) is 2.78. The molecule has 1 amide bonds. The minimum atomic E-state index is -0.222. The Labute approximate surface area is 147 Å². The number of ether oxygens (including phenoxy) is 1. The van der Waals surface area contributed by atoms with E-state index in [9.17, 15) is 9.59 Å². The second kappa shape index (κ2) is 8.65. The van der Waals surface area contributed by atoms with Crippen molar-refractivity contribution in [1.29, 1.82) is 0 Å². The number of carbonyl (C=O) groups is 1. The third-order valence-electron chi connectivity index (χ3n) is 4.68. The third kappa shape index (κ3) is 5.31. The lowest BCUT2D eigenvalue weighted by Crippen LogP contribution is -2.30.